The van der Waals surface area contributed by atoms with Crippen molar-refractivity contribution in [2.45, 2.75) is 0 Å². The first-order valence-corrected chi connectivity index (χ1v) is 3.69. The molecule has 0 radical (unpaired) electrons. The van der Waals surface area contributed by atoms with Crippen LogP contribution in [0.4, 0.5) is 0 Å². The molecule has 1 fully saturated rings. The average molecular weight is 173 g/mol. The van der Waals surface area contributed by atoms with Crippen LogP contribution in [-0.4, -0.2) is 41.2 Å². The number of hydrogen-bond donors (Lipinski definition) is 2. The van der Waals surface area contributed by atoms with Crippen LogP contribution < -0.4 is 5.32 Å². The second kappa shape index (κ2) is 3.91. The van der Waals surface area contributed by atoms with Gasteiger partial charge in [0.15, 0.2) is 5.82 Å². The first kappa shape index (κ1) is 8.79. The summed E-state index contributed by atoms with van der Waals surface area (Å²) in [7, 11) is 0. The first-order valence-electron chi connectivity index (χ1n) is 3.69. The summed E-state index contributed by atoms with van der Waals surface area (Å²) < 4.78 is 0. The lowest BCUT2D eigenvalue weighted by Gasteiger charge is -2.06. The van der Waals surface area contributed by atoms with E-state index in [9.17, 15) is 10.1 Å². The number of nitrogens with zero attached hydrogens (tertiary/aromatic N) is 2. The molecule has 0 bridgehead atoms. The van der Waals surface area contributed by atoms with Gasteiger partial charge >= 0.3 is 0 Å². The molecule has 6 nitrogen and oxygen atoms in total. The van der Waals surface area contributed by atoms with Gasteiger partial charge in [-0.2, -0.15) is 0 Å². The van der Waals surface area contributed by atoms with Gasteiger partial charge in [0.1, 0.15) is 0 Å². The van der Waals surface area contributed by atoms with Crippen molar-refractivity contribution in [3.63, 3.8) is 0 Å². The Balaban J connectivity index is 2.42. The van der Waals surface area contributed by atoms with E-state index in [0.29, 0.717) is 12.4 Å². The van der Waals surface area contributed by atoms with Gasteiger partial charge in [0, 0.05) is 19.6 Å². The van der Waals surface area contributed by atoms with E-state index in [1.807, 2.05) is 4.90 Å². The molecule has 0 aromatic rings. The molecule has 12 heavy (non-hydrogen) atoms. The monoisotopic (exact) mass is 173 g/mol. The number of aliphatic hydroxyl groups is 1. The number of nitro groups is 1. The zero-order valence-corrected chi connectivity index (χ0v) is 6.56. The second-order valence-corrected chi connectivity index (χ2v) is 2.44. The Labute approximate surface area is 69.6 Å². The fourth-order valence-electron chi connectivity index (χ4n) is 0.814. The molecule has 6 heteroatoms. The molecule has 1 saturated heterocycles. The van der Waals surface area contributed by atoms with Gasteiger partial charge in [-0.05, 0) is 0 Å². The smallest absolute Gasteiger partial charge is 0.274 e. The summed E-state index contributed by atoms with van der Waals surface area (Å²) in [6, 6.07) is 0. The van der Waals surface area contributed by atoms with Crippen LogP contribution in [0.5, 0.6) is 0 Å². The van der Waals surface area contributed by atoms with Crippen LogP contribution in [0.2, 0.25) is 0 Å². The summed E-state index contributed by atoms with van der Waals surface area (Å²) >= 11 is 0. The van der Waals surface area contributed by atoms with Crippen LogP contribution in [0.15, 0.2) is 12.0 Å². The maximum absolute atomic E-state index is 10.1. The Morgan fingerprint density at radius 1 is 1.75 bits per heavy atom. The van der Waals surface area contributed by atoms with Crippen molar-refractivity contribution >= 4 is 0 Å². The Hall–Kier alpha value is -1.30. The molecule has 0 amide bonds. The van der Waals surface area contributed by atoms with E-state index in [1.165, 1.54) is 0 Å². The maximum atomic E-state index is 10.1. The number of aliphatic hydroxyl groups excluding tert-OH is 1. The molecule has 0 saturated carbocycles. The third-order valence-corrected chi connectivity index (χ3v) is 1.43. The van der Waals surface area contributed by atoms with Crippen LogP contribution in [-0.2, 0) is 0 Å². The summed E-state index contributed by atoms with van der Waals surface area (Å²) in [6.45, 7) is 2.01. The van der Waals surface area contributed by atoms with Crippen molar-refractivity contribution < 1.29 is 10.0 Å². The molecule has 2 N–H and O–H groups in total. The number of nitrogens with one attached hydrogen (secondary N) is 1. The van der Waals surface area contributed by atoms with E-state index in [0.717, 1.165) is 19.3 Å². The topological polar surface area (TPSA) is 78.4 Å². The summed E-state index contributed by atoms with van der Waals surface area (Å²) in [5.74, 6) is 0.481. The third kappa shape index (κ3) is 2.75. The highest BCUT2D eigenvalue weighted by Gasteiger charge is 2.22. The Kier molecular flexibility index (Phi) is 2.87. The molecule has 0 aromatic heterocycles. The fraction of sp³-hybridized carbons (Fsp3) is 0.667. The van der Waals surface area contributed by atoms with Crippen molar-refractivity contribution in [1.29, 1.82) is 0 Å². The largest absolute Gasteiger partial charge is 0.395 e. The average Bonchev–Trinajstić information content (AvgIpc) is 2.79. The molecule has 68 valence electrons. The van der Waals surface area contributed by atoms with Crippen LogP contribution in [0, 0.1) is 10.1 Å². The van der Waals surface area contributed by atoms with Crippen molar-refractivity contribution in [2.75, 3.05) is 26.2 Å². The van der Waals surface area contributed by atoms with Gasteiger partial charge < -0.3 is 15.3 Å². The molecule has 1 aliphatic heterocycles. The molecular formula is C6H11N3O3. The van der Waals surface area contributed by atoms with Crippen molar-refractivity contribution in [2.24, 2.45) is 0 Å². The molecule has 1 aliphatic rings. The van der Waals surface area contributed by atoms with Crippen LogP contribution in [0.25, 0.3) is 0 Å². The van der Waals surface area contributed by atoms with Gasteiger partial charge in [0.2, 0.25) is 0 Å². The predicted molar refractivity (Wildman–Crippen MR) is 41.7 cm³/mol. The van der Waals surface area contributed by atoms with Gasteiger partial charge in [0.25, 0.3) is 6.20 Å². The molecule has 1 rings (SSSR count). The molecule has 0 atom stereocenters. The molecule has 0 aliphatic carbocycles. The zero-order valence-electron chi connectivity index (χ0n) is 6.56. The van der Waals surface area contributed by atoms with E-state index in [2.05, 4.69) is 5.32 Å². The normalized spacial score (nSPS) is 16.1. The summed E-state index contributed by atoms with van der Waals surface area (Å²) in [4.78, 5) is 11.4. The Bertz CT molecular complexity index is 200. The van der Waals surface area contributed by atoms with E-state index in [-0.39, 0.29) is 6.61 Å². The third-order valence-electron chi connectivity index (χ3n) is 1.43. The molecular weight excluding hydrogens is 162 g/mol. The standard InChI is InChI=1S/C6H11N3O3/c10-4-1-7-6(5-9(11)12)8-2-3-8/h5,7,10H,1-4H2/b6-5-. The molecule has 1 heterocycles. The van der Waals surface area contributed by atoms with Gasteiger partial charge in [0.05, 0.1) is 11.5 Å². The van der Waals surface area contributed by atoms with E-state index in [1.54, 1.807) is 0 Å². The van der Waals surface area contributed by atoms with Crippen molar-refractivity contribution in [3.05, 3.63) is 22.1 Å². The zero-order chi connectivity index (χ0) is 8.97. The van der Waals surface area contributed by atoms with Gasteiger partial charge in [-0.25, -0.2) is 0 Å². The first-order chi connectivity index (χ1) is 5.74. The van der Waals surface area contributed by atoms with E-state index in [4.69, 9.17) is 5.11 Å². The van der Waals surface area contributed by atoms with Gasteiger partial charge in [-0.3, -0.25) is 10.1 Å². The highest BCUT2D eigenvalue weighted by Crippen LogP contribution is 2.10. The van der Waals surface area contributed by atoms with Gasteiger partial charge in [-0.1, -0.05) is 0 Å². The highest BCUT2D eigenvalue weighted by atomic mass is 16.6. The quantitative estimate of drug-likeness (QED) is 0.315. The van der Waals surface area contributed by atoms with Crippen molar-refractivity contribution in [1.82, 2.24) is 10.2 Å². The van der Waals surface area contributed by atoms with Crippen molar-refractivity contribution in [3.8, 4) is 0 Å². The molecule has 0 spiro atoms. The minimum Gasteiger partial charge on any atom is -0.395 e. The minimum atomic E-state index is -0.502. The van der Waals surface area contributed by atoms with Crippen LogP contribution in [0.3, 0.4) is 0 Å². The van der Waals surface area contributed by atoms with Crippen LogP contribution >= 0.6 is 0 Å². The number of hydrogen-bond acceptors (Lipinski definition) is 5. The predicted octanol–water partition coefficient (Wildman–Crippen LogP) is -1.04. The summed E-state index contributed by atoms with van der Waals surface area (Å²) in [5, 5.41) is 21.3. The Morgan fingerprint density at radius 2 is 2.42 bits per heavy atom. The van der Waals surface area contributed by atoms with Gasteiger partial charge in [-0.15, -0.1) is 0 Å². The number of rotatable bonds is 5. The van der Waals surface area contributed by atoms with Crippen LogP contribution in [0.1, 0.15) is 0 Å². The minimum absolute atomic E-state index is 0.0249. The highest BCUT2D eigenvalue weighted by molar-refractivity contribution is 5.01. The second-order valence-electron chi connectivity index (χ2n) is 2.44. The molecule has 0 aromatic carbocycles. The lowest BCUT2D eigenvalue weighted by Crippen LogP contribution is -2.23. The maximum Gasteiger partial charge on any atom is 0.274 e. The van der Waals surface area contributed by atoms with E-state index < -0.39 is 4.92 Å². The van der Waals surface area contributed by atoms with E-state index >= 15 is 0 Å². The summed E-state index contributed by atoms with van der Waals surface area (Å²) in [6.07, 6.45) is 0.919. The lowest BCUT2D eigenvalue weighted by molar-refractivity contribution is -0.404. The SMILES string of the molecule is O=[N+]([O-])/C=C(/NCCO)N1CC1. The fourth-order valence-corrected chi connectivity index (χ4v) is 0.814. The lowest BCUT2D eigenvalue weighted by atomic mass is 10.6. The summed E-state index contributed by atoms with van der Waals surface area (Å²) in [5.41, 5.74) is 0. The Morgan fingerprint density at radius 3 is 2.83 bits per heavy atom. The molecule has 0 unspecified atom stereocenters.